The van der Waals surface area contributed by atoms with E-state index in [4.69, 9.17) is 13.5 Å². The number of halogens is 4. The Hall–Kier alpha value is -0.485. The first kappa shape index (κ1) is 25.8. The lowest BCUT2D eigenvalue weighted by atomic mass is 9.76. The van der Waals surface area contributed by atoms with E-state index in [9.17, 15) is 13.2 Å². The standard InChI is InChI=1S/C21H27BF3IO3S/c1-7-9-10-15(8-2)20(29-30-26,21(23,24)25)16-11-13-17(14-12-16)22-27-18(3,4)19(5,6)28-22/h8-14H,7H2,1-6H3/b10-9-,15-8+. The van der Waals surface area contributed by atoms with Crippen LogP contribution >= 0.6 is 30.4 Å². The van der Waals surface area contributed by atoms with Crippen LogP contribution in [0.1, 0.15) is 53.5 Å². The number of benzene rings is 1. The van der Waals surface area contributed by atoms with Crippen molar-refractivity contribution in [2.24, 2.45) is 0 Å². The summed E-state index contributed by atoms with van der Waals surface area (Å²) in [4.78, 5) is 0. The second-order valence-electron chi connectivity index (χ2n) is 8.09. The Morgan fingerprint density at radius 1 is 1.13 bits per heavy atom. The normalized spacial score (nSPS) is 21.3. The molecule has 1 unspecified atom stereocenters. The van der Waals surface area contributed by atoms with Crippen LogP contribution < -0.4 is 5.46 Å². The predicted molar refractivity (Wildman–Crippen MR) is 126 cm³/mol. The van der Waals surface area contributed by atoms with Crippen molar-refractivity contribution in [3.05, 3.63) is 53.6 Å². The summed E-state index contributed by atoms with van der Waals surface area (Å²) in [6.07, 6.45) is 0.549. The molecule has 30 heavy (non-hydrogen) atoms. The smallest absolute Gasteiger partial charge is 0.399 e. The van der Waals surface area contributed by atoms with E-state index in [0.29, 0.717) is 21.1 Å². The molecule has 9 heteroatoms. The van der Waals surface area contributed by atoms with Gasteiger partial charge >= 0.3 is 13.3 Å². The summed E-state index contributed by atoms with van der Waals surface area (Å²) in [7, 11) is 0.0145. The van der Waals surface area contributed by atoms with E-state index in [2.05, 4.69) is 0 Å². The van der Waals surface area contributed by atoms with Gasteiger partial charge < -0.3 is 9.31 Å². The summed E-state index contributed by atoms with van der Waals surface area (Å²) in [6, 6.07) is 6.08. The maximum atomic E-state index is 14.5. The summed E-state index contributed by atoms with van der Waals surface area (Å²) in [5, 5.41) is 0. The van der Waals surface area contributed by atoms with E-state index in [1.807, 2.05) is 34.6 Å². The molecular formula is C21H27BF3IO3S. The average molecular weight is 554 g/mol. The molecule has 0 N–H and O–H groups in total. The molecule has 0 aromatic heterocycles. The molecule has 2 rings (SSSR count). The Labute approximate surface area is 193 Å². The van der Waals surface area contributed by atoms with Crippen LogP contribution in [0.25, 0.3) is 0 Å². The van der Waals surface area contributed by atoms with Gasteiger partial charge in [-0.15, -0.1) is 0 Å². The lowest BCUT2D eigenvalue weighted by molar-refractivity contribution is -0.233. The molecule has 0 radical (unpaired) electrons. The monoisotopic (exact) mass is 554 g/mol. The number of rotatable bonds is 7. The molecule has 0 aliphatic carbocycles. The van der Waals surface area contributed by atoms with Crippen molar-refractivity contribution in [2.45, 2.75) is 70.9 Å². The van der Waals surface area contributed by atoms with Crippen molar-refractivity contribution >= 4 is 43.0 Å². The summed E-state index contributed by atoms with van der Waals surface area (Å²) in [5.74, 6) is 0. The van der Waals surface area contributed by atoms with E-state index in [1.54, 1.807) is 46.3 Å². The first-order valence-corrected chi connectivity index (χ1v) is 13.0. The lowest BCUT2D eigenvalue weighted by Crippen LogP contribution is -2.45. The van der Waals surface area contributed by atoms with Crippen molar-refractivity contribution in [3.8, 4) is 0 Å². The molecule has 1 heterocycles. The van der Waals surface area contributed by atoms with Gasteiger partial charge in [0, 0.05) is 21.2 Å². The first-order chi connectivity index (χ1) is 13.9. The van der Waals surface area contributed by atoms with Gasteiger partial charge in [0.05, 0.1) is 20.4 Å². The minimum Gasteiger partial charge on any atom is -0.399 e. The van der Waals surface area contributed by atoms with Crippen molar-refractivity contribution in [1.29, 1.82) is 0 Å². The van der Waals surface area contributed by atoms with Gasteiger partial charge in [0.1, 0.15) is 0 Å². The minimum absolute atomic E-state index is 0.00622. The van der Waals surface area contributed by atoms with Gasteiger partial charge in [0.15, 0.2) is 0 Å². The molecule has 1 saturated heterocycles. The molecule has 0 bridgehead atoms. The number of hydrogen-bond donors (Lipinski definition) is 0. The van der Waals surface area contributed by atoms with Crippen LogP contribution in [0.15, 0.2) is 48.1 Å². The van der Waals surface area contributed by atoms with E-state index in [-0.39, 0.29) is 11.1 Å². The molecule has 1 aliphatic rings. The zero-order valence-corrected chi connectivity index (χ0v) is 20.9. The lowest BCUT2D eigenvalue weighted by Gasteiger charge is -2.35. The highest BCUT2D eigenvalue weighted by Gasteiger charge is 2.60. The van der Waals surface area contributed by atoms with Gasteiger partial charge in [-0.25, -0.2) is 0 Å². The Bertz CT molecular complexity index is 778. The van der Waals surface area contributed by atoms with Gasteiger partial charge in [-0.05, 0) is 57.6 Å². The Morgan fingerprint density at radius 2 is 1.67 bits per heavy atom. The van der Waals surface area contributed by atoms with E-state index < -0.39 is 30.1 Å². The highest BCUT2D eigenvalue weighted by Crippen LogP contribution is 2.51. The number of alkyl halides is 3. The maximum absolute atomic E-state index is 14.5. The molecule has 166 valence electrons. The first-order valence-electron chi connectivity index (χ1n) is 9.69. The van der Waals surface area contributed by atoms with Crippen LogP contribution in [-0.4, -0.2) is 24.5 Å². The fourth-order valence-electron chi connectivity index (χ4n) is 3.20. The van der Waals surface area contributed by atoms with Crippen LogP contribution in [0.3, 0.4) is 0 Å². The Balaban J connectivity index is 2.52. The maximum Gasteiger partial charge on any atom is 0.494 e. The third-order valence-electron chi connectivity index (χ3n) is 5.65. The van der Waals surface area contributed by atoms with Gasteiger partial charge in [0.25, 0.3) is 0 Å². The SMILES string of the molecule is C/C=C(\C=C/CC)C(OSI)(c1ccc(B2OC(C)(C)C(C)(C)O2)cc1)C(F)(F)F. The molecule has 1 aromatic rings. The third-order valence-corrected chi connectivity index (χ3v) is 6.50. The third kappa shape index (κ3) is 4.80. The van der Waals surface area contributed by atoms with Crippen LogP contribution in [-0.2, 0) is 19.1 Å². The highest BCUT2D eigenvalue weighted by molar-refractivity contribution is 14.2. The average Bonchev–Trinajstić information content (AvgIpc) is 2.88. The van der Waals surface area contributed by atoms with Crippen molar-refractivity contribution in [2.75, 3.05) is 0 Å². The Kier molecular flexibility index (Phi) is 8.21. The minimum atomic E-state index is -4.67. The molecule has 1 atom stereocenters. The quantitative estimate of drug-likeness (QED) is 0.163. The zero-order chi connectivity index (χ0) is 22.8. The fraction of sp³-hybridized carbons (Fsp3) is 0.524. The highest BCUT2D eigenvalue weighted by atomic mass is 127. The summed E-state index contributed by atoms with van der Waals surface area (Å²) in [6.45, 7) is 11.2. The van der Waals surface area contributed by atoms with Gasteiger partial charge in [-0.2, -0.15) is 13.2 Å². The molecule has 0 spiro atoms. The van der Waals surface area contributed by atoms with Gasteiger partial charge in [0.2, 0.25) is 5.60 Å². The number of hydrogen-bond acceptors (Lipinski definition) is 4. The molecule has 1 aromatic carbocycles. The molecule has 1 fully saturated rings. The van der Waals surface area contributed by atoms with Crippen LogP contribution in [0.2, 0.25) is 0 Å². The van der Waals surface area contributed by atoms with Crippen LogP contribution in [0, 0.1) is 0 Å². The van der Waals surface area contributed by atoms with Crippen LogP contribution in [0.4, 0.5) is 13.2 Å². The summed E-state index contributed by atoms with van der Waals surface area (Å²) >= 11 is 1.71. The summed E-state index contributed by atoms with van der Waals surface area (Å²) in [5.41, 5.74) is -2.97. The second kappa shape index (κ2) is 9.56. The van der Waals surface area contributed by atoms with Gasteiger partial charge in [-0.1, -0.05) is 49.4 Å². The van der Waals surface area contributed by atoms with Crippen molar-refractivity contribution in [3.63, 3.8) is 0 Å². The summed E-state index contributed by atoms with van der Waals surface area (Å²) < 4.78 is 60.7. The van der Waals surface area contributed by atoms with Crippen LogP contribution in [0.5, 0.6) is 0 Å². The van der Waals surface area contributed by atoms with E-state index >= 15 is 0 Å². The number of allylic oxidation sites excluding steroid dienone is 2. The van der Waals surface area contributed by atoms with E-state index in [0.717, 1.165) is 0 Å². The van der Waals surface area contributed by atoms with Gasteiger partial charge in [-0.3, -0.25) is 4.18 Å². The topological polar surface area (TPSA) is 27.7 Å². The van der Waals surface area contributed by atoms with Crippen molar-refractivity contribution < 1.29 is 26.7 Å². The van der Waals surface area contributed by atoms with Crippen molar-refractivity contribution in [1.82, 2.24) is 0 Å². The molecular weight excluding hydrogens is 527 g/mol. The second-order valence-corrected chi connectivity index (χ2v) is 9.46. The molecule has 1 aliphatic heterocycles. The zero-order valence-electron chi connectivity index (χ0n) is 18.0. The van der Waals surface area contributed by atoms with E-state index in [1.165, 1.54) is 24.3 Å². The largest absolute Gasteiger partial charge is 0.494 e. The Morgan fingerprint density at radius 3 is 2.07 bits per heavy atom. The predicted octanol–water partition coefficient (Wildman–Crippen LogP) is 6.67. The molecule has 0 saturated carbocycles. The molecule has 0 amide bonds. The fourth-order valence-corrected chi connectivity index (χ4v) is 4.39. The molecule has 3 nitrogen and oxygen atoms in total.